The fourth-order valence-corrected chi connectivity index (χ4v) is 2.32. The lowest BCUT2D eigenvalue weighted by Gasteiger charge is -2.20. The highest BCUT2D eigenvalue weighted by Crippen LogP contribution is 2.36. The zero-order chi connectivity index (χ0) is 11.0. The summed E-state index contributed by atoms with van der Waals surface area (Å²) in [6.07, 6.45) is 6.14. The molecule has 1 N–H and O–H groups in total. The Labute approximate surface area is 93.8 Å². The Bertz CT molecular complexity index is 485. The molecule has 1 aliphatic carbocycles. The number of nitrogens with zero attached hydrogens (tertiary/aromatic N) is 2. The van der Waals surface area contributed by atoms with Gasteiger partial charge in [0, 0.05) is 25.2 Å². The molecule has 80 valence electrons. The van der Waals surface area contributed by atoms with E-state index in [0.29, 0.717) is 18.5 Å². The summed E-state index contributed by atoms with van der Waals surface area (Å²) in [6.45, 7) is 0. The van der Waals surface area contributed by atoms with Gasteiger partial charge < -0.3 is 5.11 Å². The number of hydrogen-bond acceptors (Lipinski definition) is 3. The number of fused-ring (bicyclic) bond motifs is 1. The largest absolute Gasteiger partial charge is 0.383 e. The number of aliphatic hydroxyl groups is 1. The first-order chi connectivity index (χ1) is 7.78. The van der Waals surface area contributed by atoms with Crippen molar-refractivity contribution in [2.45, 2.75) is 18.4 Å². The summed E-state index contributed by atoms with van der Waals surface area (Å²) >= 11 is 0. The van der Waals surface area contributed by atoms with Crippen LogP contribution in [0.25, 0.3) is 0 Å². The van der Waals surface area contributed by atoms with Crippen molar-refractivity contribution in [3.05, 3.63) is 59.7 Å². The monoisotopic (exact) mass is 212 g/mol. The second kappa shape index (κ2) is 3.39. The molecule has 0 spiro atoms. The summed E-state index contributed by atoms with van der Waals surface area (Å²) in [5.41, 5.74) is 2.19. The molecular weight excluding hydrogens is 200 g/mol. The van der Waals surface area contributed by atoms with E-state index in [2.05, 4.69) is 22.1 Å². The second-order valence-corrected chi connectivity index (χ2v) is 4.24. The number of rotatable bonds is 1. The molecule has 3 heteroatoms. The summed E-state index contributed by atoms with van der Waals surface area (Å²) < 4.78 is 0. The van der Waals surface area contributed by atoms with Crippen LogP contribution in [0, 0.1) is 0 Å². The van der Waals surface area contributed by atoms with Gasteiger partial charge in [-0.3, -0.25) is 9.97 Å². The van der Waals surface area contributed by atoms with Gasteiger partial charge in [-0.25, -0.2) is 0 Å². The lowest BCUT2D eigenvalue weighted by molar-refractivity contribution is 0.0433. The van der Waals surface area contributed by atoms with Gasteiger partial charge in [0.15, 0.2) is 0 Å². The summed E-state index contributed by atoms with van der Waals surface area (Å²) in [6, 6.07) is 8.12. The number of benzene rings is 1. The van der Waals surface area contributed by atoms with E-state index in [1.807, 2.05) is 12.1 Å². The normalized spacial score (nSPS) is 17.1. The molecule has 3 rings (SSSR count). The van der Waals surface area contributed by atoms with Crippen LogP contribution in [0.2, 0.25) is 0 Å². The molecule has 0 aliphatic heterocycles. The standard InChI is InChI=1S/C13H12N2O/c16-13(12-9-14-5-6-15-12)7-10-3-1-2-4-11(10)8-13/h1-6,9,16H,7-8H2. The topological polar surface area (TPSA) is 46.0 Å². The van der Waals surface area contributed by atoms with Crippen LogP contribution in [0.1, 0.15) is 16.8 Å². The molecule has 1 heterocycles. The molecule has 0 bridgehead atoms. The highest BCUT2D eigenvalue weighted by Gasteiger charge is 2.37. The SMILES string of the molecule is OC1(c2cnccn2)Cc2ccccc2C1. The Balaban J connectivity index is 2.01. The number of aromatic nitrogens is 2. The second-order valence-electron chi connectivity index (χ2n) is 4.24. The summed E-state index contributed by atoms with van der Waals surface area (Å²) in [5, 5.41) is 10.6. The zero-order valence-corrected chi connectivity index (χ0v) is 8.80. The van der Waals surface area contributed by atoms with Crippen LogP contribution >= 0.6 is 0 Å². The van der Waals surface area contributed by atoms with E-state index in [1.54, 1.807) is 18.6 Å². The fourth-order valence-electron chi connectivity index (χ4n) is 2.32. The first kappa shape index (κ1) is 9.48. The molecule has 0 radical (unpaired) electrons. The predicted octanol–water partition coefficient (Wildman–Crippen LogP) is 1.46. The van der Waals surface area contributed by atoms with Gasteiger partial charge in [0.2, 0.25) is 0 Å². The van der Waals surface area contributed by atoms with E-state index in [0.717, 1.165) is 0 Å². The fraction of sp³-hybridized carbons (Fsp3) is 0.231. The van der Waals surface area contributed by atoms with E-state index in [-0.39, 0.29) is 0 Å². The van der Waals surface area contributed by atoms with E-state index < -0.39 is 5.60 Å². The van der Waals surface area contributed by atoms with Crippen molar-refractivity contribution >= 4 is 0 Å². The molecule has 0 atom stereocenters. The molecular formula is C13H12N2O. The van der Waals surface area contributed by atoms with Crippen LogP contribution in [0.5, 0.6) is 0 Å². The Kier molecular flexibility index (Phi) is 2.01. The van der Waals surface area contributed by atoms with Crippen molar-refractivity contribution in [1.29, 1.82) is 0 Å². The van der Waals surface area contributed by atoms with E-state index in [4.69, 9.17) is 0 Å². The maximum Gasteiger partial charge on any atom is 0.116 e. The van der Waals surface area contributed by atoms with Crippen LogP contribution < -0.4 is 0 Å². The van der Waals surface area contributed by atoms with Gasteiger partial charge in [0.05, 0.1) is 11.9 Å². The lowest BCUT2D eigenvalue weighted by atomic mass is 9.97. The van der Waals surface area contributed by atoms with Crippen LogP contribution in [-0.4, -0.2) is 15.1 Å². The van der Waals surface area contributed by atoms with Crippen molar-refractivity contribution in [3.63, 3.8) is 0 Å². The Morgan fingerprint density at radius 1 is 1.06 bits per heavy atom. The van der Waals surface area contributed by atoms with E-state index >= 15 is 0 Å². The molecule has 0 amide bonds. The first-order valence-corrected chi connectivity index (χ1v) is 5.34. The number of hydrogen-bond donors (Lipinski definition) is 1. The Morgan fingerprint density at radius 3 is 2.31 bits per heavy atom. The van der Waals surface area contributed by atoms with Gasteiger partial charge in [-0.1, -0.05) is 24.3 Å². The molecule has 1 aromatic heterocycles. The van der Waals surface area contributed by atoms with Gasteiger partial charge in [0.1, 0.15) is 5.60 Å². The maximum atomic E-state index is 10.6. The van der Waals surface area contributed by atoms with E-state index in [1.165, 1.54) is 11.1 Å². The van der Waals surface area contributed by atoms with Gasteiger partial charge in [-0.15, -0.1) is 0 Å². The van der Waals surface area contributed by atoms with E-state index in [9.17, 15) is 5.11 Å². The molecule has 3 nitrogen and oxygen atoms in total. The zero-order valence-electron chi connectivity index (χ0n) is 8.80. The van der Waals surface area contributed by atoms with Crippen LogP contribution in [0.15, 0.2) is 42.9 Å². The first-order valence-electron chi connectivity index (χ1n) is 5.34. The van der Waals surface area contributed by atoms with Crippen molar-refractivity contribution in [2.75, 3.05) is 0 Å². The lowest BCUT2D eigenvalue weighted by Crippen LogP contribution is -2.27. The van der Waals surface area contributed by atoms with Gasteiger partial charge in [0.25, 0.3) is 0 Å². The van der Waals surface area contributed by atoms with Crippen molar-refractivity contribution in [2.24, 2.45) is 0 Å². The quantitative estimate of drug-likeness (QED) is 0.778. The minimum atomic E-state index is -0.877. The molecule has 0 saturated carbocycles. The third-order valence-corrected chi connectivity index (χ3v) is 3.12. The maximum absolute atomic E-state index is 10.6. The molecule has 2 aromatic rings. The summed E-state index contributed by atoms with van der Waals surface area (Å²) in [5.74, 6) is 0. The van der Waals surface area contributed by atoms with Gasteiger partial charge in [-0.05, 0) is 11.1 Å². The van der Waals surface area contributed by atoms with Crippen molar-refractivity contribution < 1.29 is 5.11 Å². The molecule has 0 unspecified atom stereocenters. The van der Waals surface area contributed by atoms with Crippen LogP contribution in [-0.2, 0) is 18.4 Å². The molecule has 1 aliphatic rings. The molecule has 0 fully saturated rings. The van der Waals surface area contributed by atoms with Crippen molar-refractivity contribution in [3.8, 4) is 0 Å². The summed E-state index contributed by atoms with van der Waals surface area (Å²) in [7, 11) is 0. The average Bonchev–Trinajstić information content (AvgIpc) is 2.68. The highest BCUT2D eigenvalue weighted by molar-refractivity contribution is 5.37. The van der Waals surface area contributed by atoms with Crippen LogP contribution in [0.3, 0.4) is 0 Å². The predicted molar refractivity (Wildman–Crippen MR) is 59.8 cm³/mol. The Morgan fingerprint density at radius 2 is 1.75 bits per heavy atom. The molecule has 16 heavy (non-hydrogen) atoms. The highest BCUT2D eigenvalue weighted by atomic mass is 16.3. The smallest absolute Gasteiger partial charge is 0.116 e. The minimum absolute atomic E-state index is 0.627. The minimum Gasteiger partial charge on any atom is -0.383 e. The third kappa shape index (κ3) is 1.41. The van der Waals surface area contributed by atoms with Gasteiger partial charge >= 0.3 is 0 Å². The molecule has 0 saturated heterocycles. The third-order valence-electron chi connectivity index (χ3n) is 3.12. The molecule has 1 aromatic carbocycles. The van der Waals surface area contributed by atoms with Crippen molar-refractivity contribution in [1.82, 2.24) is 9.97 Å². The summed E-state index contributed by atoms with van der Waals surface area (Å²) in [4.78, 5) is 8.22. The Hall–Kier alpha value is -1.74. The van der Waals surface area contributed by atoms with Gasteiger partial charge in [-0.2, -0.15) is 0 Å². The van der Waals surface area contributed by atoms with Crippen LogP contribution in [0.4, 0.5) is 0 Å². The average molecular weight is 212 g/mol.